The van der Waals surface area contributed by atoms with Gasteiger partial charge in [-0.1, -0.05) is 18.2 Å². The van der Waals surface area contributed by atoms with Crippen LogP contribution in [0.4, 0.5) is 4.39 Å². The molecule has 1 fully saturated rings. The molecule has 1 atom stereocenters. The normalized spacial score (nSPS) is 18.2. The van der Waals surface area contributed by atoms with Gasteiger partial charge < -0.3 is 15.2 Å². The highest BCUT2D eigenvalue weighted by molar-refractivity contribution is 5.94. The highest BCUT2D eigenvalue weighted by atomic mass is 19.1. The lowest BCUT2D eigenvalue weighted by molar-refractivity contribution is -0.121. The van der Waals surface area contributed by atoms with E-state index in [1.807, 2.05) is 0 Å². The number of carbonyl (C=O) groups is 2. The fraction of sp³-hybridized carbons (Fsp3) is 0.480. The molecule has 2 N–H and O–H groups in total. The number of halogens is 1. The molecular formula is C25H30FN3O3. The highest BCUT2D eigenvalue weighted by Crippen LogP contribution is 2.23. The molecule has 2 aromatic rings. The van der Waals surface area contributed by atoms with Crippen LogP contribution in [0.3, 0.4) is 0 Å². The van der Waals surface area contributed by atoms with Crippen LogP contribution in [0.25, 0.3) is 0 Å². The summed E-state index contributed by atoms with van der Waals surface area (Å²) in [4.78, 5) is 42.5. The lowest BCUT2D eigenvalue weighted by Crippen LogP contribution is -2.42. The number of nitrogens with zero attached hydrogens (tertiary/aromatic N) is 1. The van der Waals surface area contributed by atoms with Crippen molar-refractivity contribution in [3.05, 3.63) is 68.9 Å². The zero-order valence-electron chi connectivity index (χ0n) is 18.3. The summed E-state index contributed by atoms with van der Waals surface area (Å²) in [6.45, 7) is 1.35. The number of amides is 2. The van der Waals surface area contributed by atoms with E-state index >= 15 is 0 Å². The summed E-state index contributed by atoms with van der Waals surface area (Å²) >= 11 is 0. The molecule has 170 valence electrons. The van der Waals surface area contributed by atoms with Crippen LogP contribution in [0.2, 0.25) is 0 Å². The van der Waals surface area contributed by atoms with Crippen LogP contribution in [0, 0.1) is 11.7 Å². The second kappa shape index (κ2) is 10.1. The Bertz CT molecular complexity index is 1050. The molecule has 1 aliphatic carbocycles. The zero-order chi connectivity index (χ0) is 22.5. The van der Waals surface area contributed by atoms with E-state index < -0.39 is 0 Å². The Balaban J connectivity index is 1.30. The van der Waals surface area contributed by atoms with Crippen LogP contribution in [0.1, 0.15) is 65.7 Å². The van der Waals surface area contributed by atoms with E-state index in [1.165, 1.54) is 6.07 Å². The summed E-state index contributed by atoms with van der Waals surface area (Å²) in [6.07, 6.45) is 6.71. The van der Waals surface area contributed by atoms with Gasteiger partial charge in [0.25, 0.3) is 11.5 Å². The van der Waals surface area contributed by atoms with Crippen molar-refractivity contribution < 1.29 is 14.0 Å². The summed E-state index contributed by atoms with van der Waals surface area (Å²) in [7, 11) is 0. The van der Waals surface area contributed by atoms with E-state index in [2.05, 4.69) is 10.3 Å². The summed E-state index contributed by atoms with van der Waals surface area (Å²) in [5, 5.41) is 2.77. The molecule has 32 heavy (non-hydrogen) atoms. The fourth-order valence-corrected chi connectivity index (χ4v) is 4.75. The van der Waals surface area contributed by atoms with Gasteiger partial charge in [-0.3, -0.25) is 14.4 Å². The van der Waals surface area contributed by atoms with Gasteiger partial charge in [0.15, 0.2) is 0 Å². The molecule has 0 unspecified atom stereocenters. The number of rotatable bonds is 6. The molecule has 6 nitrogen and oxygen atoms in total. The average Bonchev–Trinajstić information content (AvgIpc) is 2.81. The molecule has 2 amide bonds. The Hall–Kier alpha value is -2.96. The molecule has 1 saturated heterocycles. The maximum absolute atomic E-state index is 13.7. The summed E-state index contributed by atoms with van der Waals surface area (Å²) < 4.78 is 13.7. The van der Waals surface area contributed by atoms with Gasteiger partial charge in [0, 0.05) is 37.3 Å². The van der Waals surface area contributed by atoms with Gasteiger partial charge in [-0.2, -0.15) is 0 Å². The number of fused-ring (bicyclic) bond motifs is 1. The van der Waals surface area contributed by atoms with E-state index in [9.17, 15) is 18.8 Å². The summed E-state index contributed by atoms with van der Waals surface area (Å²) in [6, 6.07) is 8.18. The SMILES string of the molecule is O=C(CC[C@@H]1CCCN(C(=O)c2cc3c([nH]c2=O)CCCC3)C1)NCc1ccccc1F. The fourth-order valence-electron chi connectivity index (χ4n) is 4.75. The number of hydrogen-bond acceptors (Lipinski definition) is 3. The summed E-state index contributed by atoms with van der Waals surface area (Å²) in [5.41, 5.74) is 2.44. The van der Waals surface area contributed by atoms with Crippen LogP contribution in [0.5, 0.6) is 0 Å². The third-order valence-electron chi connectivity index (χ3n) is 6.59. The summed E-state index contributed by atoms with van der Waals surface area (Å²) in [5.74, 6) is -0.453. The van der Waals surface area contributed by atoms with E-state index in [0.717, 1.165) is 49.8 Å². The first-order valence-corrected chi connectivity index (χ1v) is 11.6. The van der Waals surface area contributed by atoms with Crippen molar-refractivity contribution in [1.82, 2.24) is 15.2 Å². The van der Waals surface area contributed by atoms with E-state index in [4.69, 9.17) is 0 Å². The number of nitrogens with one attached hydrogen (secondary N) is 2. The monoisotopic (exact) mass is 439 g/mol. The average molecular weight is 440 g/mol. The van der Waals surface area contributed by atoms with E-state index in [0.29, 0.717) is 31.5 Å². The third kappa shape index (κ3) is 5.26. The van der Waals surface area contributed by atoms with Crippen LogP contribution >= 0.6 is 0 Å². The zero-order valence-corrected chi connectivity index (χ0v) is 18.3. The van der Waals surface area contributed by atoms with Gasteiger partial charge in [-0.25, -0.2) is 4.39 Å². The van der Waals surface area contributed by atoms with Crippen molar-refractivity contribution in [1.29, 1.82) is 0 Å². The largest absolute Gasteiger partial charge is 0.352 e. The minimum atomic E-state index is -0.327. The third-order valence-corrected chi connectivity index (χ3v) is 6.59. The number of hydrogen-bond donors (Lipinski definition) is 2. The van der Waals surface area contributed by atoms with Crippen molar-refractivity contribution in [2.45, 2.75) is 57.9 Å². The lowest BCUT2D eigenvalue weighted by Gasteiger charge is -2.33. The number of piperidine rings is 1. The van der Waals surface area contributed by atoms with Crippen LogP contribution in [0.15, 0.2) is 35.1 Å². The molecular weight excluding hydrogens is 409 g/mol. The number of aromatic nitrogens is 1. The molecule has 1 aliphatic heterocycles. The number of H-pyrrole nitrogens is 1. The molecule has 0 bridgehead atoms. The van der Waals surface area contributed by atoms with Crippen molar-refractivity contribution in [3.63, 3.8) is 0 Å². The predicted octanol–water partition coefficient (Wildman–Crippen LogP) is 3.34. The van der Waals surface area contributed by atoms with Gasteiger partial charge in [0.1, 0.15) is 11.4 Å². The topological polar surface area (TPSA) is 82.3 Å². The van der Waals surface area contributed by atoms with Crippen molar-refractivity contribution in [3.8, 4) is 0 Å². The van der Waals surface area contributed by atoms with Gasteiger partial charge >= 0.3 is 0 Å². The molecule has 2 aliphatic rings. The Labute approximate surface area is 187 Å². The predicted molar refractivity (Wildman–Crippen MR) is 120 cm³/mol. The standard InChI is InChI=1S/C25H30FN3O3/c26-21-9-3-1-8-19(21)15-27-23(30)12-11-17-6-5-13-29(16-17)25(32)20-14-18-7-2-4-10-22(18)28-24(20)31/h1,3,8-9,14,17H,2,4-7,10-13,15-16H2,(H,27,30)(H,28,31)/t17-/m0/s1. The first kappa shape index (κ1) is 22.2. The van der Waals surface area contributed by atoms with Gasteiger partial charge in [-0.15, -0.1) is 0 Å². The van der Waals surface area contributed by atoms with Gasteiger partial charge in [0.2, 0.25) is 5.91 Å². The number of aromatic amines is 1. The minimum absolute atomic E-state index is 0.122. The van der Waals surface area contributed by atoms with Crippen molar-refractivity contribution >= 4 is 11.8 Å². The van der Waals surface area contributed by atoms with E-state index in [1.54, 1.807) is 29.2 Å². The second-order valence-corrected chi connectivity index (χ2v) is 8.89. The Morgan fingerprint density at radius 1 is 1.16 bits per heavy atom. The quantitative estimate of drug-likeness (QED) is 0.724. The molecule has 7 heteroatoms. The van der Waals surface area contributed by atoms with Crippen molar-refractivity contribution in [2.75, 3.05) is 13.1 Å². The Kier molecular flexibility index (Phi) is 7.02. The first-order valence-electron chi connectivity index (χ1n) is 11.6. The molecule has 2 heterocycles. The van der Waals surface area contributed by atoms with Crippen LogP contribution in [-0.2, 0) is 24.2 Å². The number of likely N-dealkylation sites (tertiary alicyclic amines) is 1. The van der Waals surface area contributed by atoms with E-state index in [-0.39, 0.29) is 41.2 Å². The molecule has 1 aromatic carbocycles. The second-order valence-electron chi connectivity index (χ2n) is 8.89. The Morgan fingerprint density at radius 3 is 2.81 bits per heavy atom. The van der Waals surface area contributed by atoms with Crippen LogP contribution < -0.4 is 10.9 Å². The number of carbonyl (C=O) groups excluding carboxylic acids is 2. The van der Waals surface area contributed by atoms with Gasteiger partial charge in [0.05, 0.1) is 0 Å². The minimum Gasteiger partial charge on any atom is -0.352 e. The maximum atomic E-state index is 13.7. The maximum Gasteiger partial charge on any atom is 0.261 e. The van der Waals surface area contributed by atoms with Crippen molar-refractivity contribution in [2.24, 2.45) is 5.92 Å². The highest BCUT2D eigenvalue weighted by Gasteiger charge is 2.27. The smallest absolute Gasteiger partial charge is 0.261 e. The van der Waals surface area contributed by atoms with Crippen LogP contribution in [-0.4, -0.2) is 34.8 Å². The van der Waals surface area contributed by atoms with Gasteiger partial charge in [-0.05, 0) is 68.6 Å². The lowest BCUT2D eigenvalue weighted by atomic mass is 9.92. The first-order chi connectivity index (χ1) is 15.5. The Morgan fingerprint density at radius 2 is 1.97 bits per heavy atom. The molecule has 4 rings (SSSR count). The number of aryl methyl sites for hydroxylation is 2. The molecule has 1 aromatic heterocycles. The number of benzene rings is 1. The molecule has 0 radical (unpaired) electrons. The molecule has 0 saturated carbocycles. The number of pyridine rings is 1. The molecule has 0 spiro atoms.